The van der Waals surface area contributed by atoms with Crippen LogP contribution in [-0.2, 0) is 4.84 Å². The van der Waals surface area contributed by atoms with Gasteiger partial charge in [0.2, 0.25) is 0 Å². The van der Waals surface area contributed by atoms with Gasteiger partial charge in [0.1, 0.15) is 5.75 Å². The van der Waals surface area contributed by atoms with E-state index in [1.54, 1.807) is 18.2 Å². The second-order valence-electron chi connectivity index (χ2n) is 2.61. The van der Waals surface area contributed by atoms with Crippen molar-refractivity contribution in [3.8, 4) is 5.75 Å². The van der Waals surface area contributed by atoms with E-state index in [4.69, 9.17) is 16.3 Å². The second-order valence-corrected chi connectivity index (χ2v) is 3.01. The lowest BCUT2D eigenvalue weighted by Gasteiger charge is -2.05. The standard InChI is InChI=1S/C9H10ClNO3/c1-6-5-7(3-4-8(6)10)14-9(12)11-13-2/h3-5H,1-2H3,(H,11,12). The highest BCUT2D eigenvalue weighted by Crippen LogP contribution is 2.20. The van der Waals surface area contributed by atoms with Crippen LogP contribution in [0.5, 0.6) is 5.75 Å². The maximum Gasteiger partial charge on any atom is 0.436 e. The van der Waals surface area contributed by atoms with E-state index in [9.17, 15) is 4.79 Å². The van der Waals surface area contributed by atoms with Crippen LogP contribution in [0.4, 0.5) is 4.79 Å². The van der Waals surface area contributed by atoms with E-state index in [-0.39, 0.29) is 0 Å². The Hall–Kier alpha value is -1.26. The number of carbonyl (C=O) groups excluding carboxylic acids is 1. The molecule has 14 heavy (non-hydrogen) atoms. The average molecular weight is 216 g/mol. The van der Waals surface area contributed by atoms with E-state index < -0.39 is 6.09 Å². The van der Waals surface area contributed by atoms with Crippen LogP contribution in [-0.4, -0.2) is 13.2 Å². The monoisotopic (exact) mass is 215 g/mol. The van der Waals surface area contributed by atoms with E-state index in [0.29, 0.717) is 10.8 Å². The molecule has 0 unspecified atom stereocenters. The van der Waals surface area contributed by atoms with E-state index in [2.05, 4.69) is 4.84 Å². The fourth-order valence-corrected chi connectivity index (χ4v) is 1.01. The van der Waals surface area contributed by atoms with Crippen LogP contribution in [0.1, 0.15) is 5.56 Å². The molecule has 1 aromatic rings. The molecule has 0 radical (unpaired) electrons. The first kappa shape index (κ1) is 10.8. The number of hydroxylamine groups is 1. The Labute approximate surface area is 86.7 Å². The SMILES string of the molecule is CONC(=O)Oc1ccc(Cl)c(C)c1. The predicted octanol–water partition coefficient (Wildman–Crippen LogP) is 2.30. The van der Waals surface area contributed by atoms with Crippen molar-refractivity contribution in [2.45, 2.75) is 6.92 Å². The minimum atomic E-state index is -0.672. The molecule has 4 nitrogen and oxygen atoms in total. The van der Waals surface area contributed by atoms with Crippen LogP contribution in [0.25, 0.3) is 0 Å². The van der Waals surface area contributed by atoms with Crippen molar-refractivity contribution < 1.29 is 14.4 Å². The molecular formula is C9H10ClNO3. The molecule has 1 aromatic carbocycles. The molecule has 0 atom stereocenters. The van der Waals surface area contributed by atoms with E-state index in [0.717, 1.165) is 5.56 Å². The zero-order chi connectivity index (χ0) is 10.6. The zero-order valence-electron chi connectivity index (χ0n) is 7.83. The fraction of sp³-hybridized carbons (Fsp3) is 0.222. The van der Waals surface area contributed by atoms with E-state index >= 15 is 0 Å². The number of benzene rings is 1. The molecule has 76 valence electrons. The van der Waals surface area contributed by atoms with Crippen molar-refractivity contribution in [2.24, 2.45) is 0 Å². The lowest BCUT2D eigenvalue weighted by Crippen LogP contribution is -2.25. The summed E-state index contributed by atoms with van der Waals surface area (Å²) in [5.74, 6) is 0.418. The van der Waals surface area contributed by atoms with Gasteiger partial charge in [-0.05, 0) is 30.7 Å². The van der Waals surface area contributed by atoms with Crippen molar-refractivity contribution in [1.29, 1.82) is 0 Å². The lowest BCUT2D eigenvalue weighted by molar-refractivity contribution is 0.0846. The topological polar surface area (TPSA) is 47.6 Å². The molecule has 5 heteroatoms. The Kier molecular flexibility index (Phi) is 3.73. The summed E-state index contributed by atoms with van der Waals surface area (Å²) in [5, 5.41) is 0.629. The third-order valence-corrected chi connectivity index (χ3v) is 1.95. The molecule has 1 amide bonds. The largest absolute Gasteiger partial charge is 0.436 e. The Morgan fingerprint density at radius 1 is 1.50 bits per heavy atom. The van der Waals surface area contributed by atoms with Gasteiger partial charge in [-0.15, -0.1) is 0 Å². The van der Waals surface area contributed by atoms with Gasteiger partial charge in [-0.3, -0.25) is 4.84 Å². The van der Waals surface area contributed by atoms with Crippen molar-refractivity contribution in [3.05, 3.63) is 28.8 Å². The van der Waals surface area contributed by atoms with Crippen molar-refractivity contribution in [1.82, 2.24) is 5.48 Å². The van der Waals surface area contributed by atoms with Gasteiger partial charge in [0.25, 0.3) is 0 Å². The van der Waals surface area contributed by atoms with Crippen LogP contribution in [0.2, 0.25) is 5.02 Å². The van der Waals surface area contributed by atoms with Gasteiger partial charge in [0, 0.05) is 5.02 Å². The number of aryl methyl sites for hydroxylation is 1. The molecular weight excluding hydrogens is 206 g/mol. The maximum absolute atomic E-state index is 10.9. The first-order valence-electron chi connectivity index (χ1n) is 3.90. The number of hydrogen-bond donors (Lipinski definition) is 1. The van der Waals surface area contributed by atoms with Gasteiger partial charge < -0.3 is 4.74 Å². The number of rotatable bonds is 2. The van der Waals surface area contributed by atoms with Gasteiger partial charge in [-0.2, -0.15) is 5.48 Å². The molecule has 1 rings (SSSR count). The summed E-state index contributed by atoms with van der Waals surface area (Å²) in [5.41, 5.74) is 2.88. The summed E-state index contributed by atoms with van der Waals surface area (Å²) in [6.45, 7) is 1.82. The highest BCUT2D eigenvalue weighted by Gasteiger charge is 2.04. The van der Waals surface area contributed by atoms with E-state index in [1.165, 1.54) is 7.11 Å². The number of ether oxygens (including phenoxy) is 1. The van der Waals surface area contributed by atoms with Gasteiger partial charge in [-0.1, -0.05) is 11.6 Å². The zero-order valence-corrected chi connectivity index (χ0v) is 8.59. The Bertz CT molecular complexity index is 341. The molecule has 0 fully saturated rings. The molecule has 0 saturated heterocycles. The van der Waals surface area contributed by atoms with Crippen molar-refractivity contribution >= 4 is 17.7 Å². The van der Waals surface area contributed by atoms with Gasteiger partial charge in [0.15, 0.2) is 0 Å². The number of amides is 1. The predicted molar refractivity (Wildman–Crippen MR) is 52.4 cm³/mol. The smallest absolute Gasteiger partial charge is 0.409 e. The van der Waals surface area contributed by atoms with Crippen LogP contribution >= 0.6 is 11.6 Å². The highest BCUT2D eigenvalue weighted by atomic mass is 35.5. The average Bonchev–Trinajstić information content (AvgIpc) is 2.12. The lowest BCUT2D eigenvalue weighted by atomic mass is 10.2. The fourth-order valence-electron chi connectivity index (χ4n) is 0.892. The first-order chi connectivity index (χ1) is 6.63. The number of hydrogen-bond acceptors (Lipinski definition) is 3. The van der Waals surface area contributed by atoms with Crippen molar-refractivity contribution in [3.63, 3.8) is 0 Å². The van der Waals surface area contributed by atoms with Crippen LogP contribution in [0, 0.1) is 6.92 Å². The molecule has 1 N–H and O–H groups in total. The van der Waals surface area contributed by atoms with Gasteiger partial charge in [-0.25, -0.2) is 4.79 Å². The normalized spacial score (nSPS) is 9.64. The number of carbonyl (C=O) groups is 1. The third kappa shape index (κ3) is 2.90. The minimum Gasteiger partial charge on any atom is -0.409 e. The number of halogens is 1. The summed E-state index contributed by atoms with van der Waals surface area (Å²) in [4.78, 5) is 15.3. The van der Waals surface area contributed by atoms with Crippen LogP contribution in [0.15, 0.2) is 18.2 Å². The Morgan fingerprint density at radius 2 is 2.21 bits per heavy atom. The first-order valence-corrected chi connectivity index (χ1v) is 4.28. The Morgan fingerprint density at radius 3 is 2.79 bits per heavy atom. The number of nitrogens with one attached hydrogen (secondary N) is 1. The molecule has 0 aliphatic heterocycles. The second kappa shape index (κ2) is 4.83. The molecule has 0 saturated carbocycles. The third-order valence-electron chi connectivity index (χ3n) is 1.53. The summed E-state index contributed by atoms with van der Waals surface area (Å²) in [7, 11) is 1.33. The molecule has 0 aliphatic rings. The Balaban J connectivity index is 2.68. The molecule has 0 aliphatic carbocycles. The molecule has 0 bridgehead atoms. The molecule has 0 heterocycles. The van der Waals surface area contributed by atoms with E-state index in [1.807, 2.05) is 12.4 Å². The van der Waals surface area contributed by atoms with Gasteiger partial charge in [0.05, 0.1) is 7.11 Å². The van der Waals surface area contributed by atoms with Gasteiger partial charge >= 0.3 is 6.09 Å². The maximum atomic E-state index is 10.9. The summed E-state index contributed by atoms with van der Waals surface area (Å²) < 4.78 is 4.86. The summed E-state index contributed by atoms with van der Waals surface area (Å²) in [6, 6.07) is 4.93. The molecule has 0 aromatic heterocycles. The quantitative estimate of drug-likeness (QED) is 0.770. The molecule has 0 spiro atoms. The van der Waals surface area contributed by atoms with Crippen LogP contribution in [0.3, 0.4) is 0 Å². The highest BCUT2D eigenvalue weighted by molar-refractivity contribution is 6.31. The summed E-state index contributed by atoms with van der Waals surface area (Å²) >= 11 is 5.80. The summed E-state index contributed by atoms with van der Waals surface area (Å²) in [6.07, 6.45) is -0.672. The van der Waals surface area contributed by atoms with Crippen molar-refractivity contribution in [2.75, 3.05) is 7.11 Å². The van der Waals surface area contributed by atoms with Crippen LogP contribution < -0.4 is 10.2 Å². The minimum absolute atomic E-state index is 0.418.